The maximum Gasteiger partial charge on any atom is 0.106 e. The summed E-state index contributed by atoms with van der Waals surface area (Å²) in [5.41, 5.74) is 9.20. The summed E-state index contributed by atoms with van der Waals surface area (Å²) in [5, 5.41) is 10.3. The highest BCUT2D eigenvalue weighted by molar-refractivity contribution is 5.51. The van der Waals surface area contributed by atoms with Gasteiger partial charge in [-0.25, -0.2) is 0 Å². The molecule has 82 valence electrons. The molecular weight excluding hydrogens is 198 g/mol. The molecule has 0 amide bonds. The smallest absolute Gasteiger partial charge is 0.106 e. The van der Waals surface area contributed by atoms with Gasteiger partial charge in [0, 0.05) is 11.3 Å². The van der Waals surface area contributed by atoms with Crippen molar-refractivity contribution in [1.82, 2.24) is 0 Å². The number of hydrogen-bond donors (Lipinski definition) is 2. The van der Waals surface area contributed by atoms with Crippen LogP contribution in [0, 0.1) is 6.92 Å². The molecule has 2 nitrogen and oxygen atoms in total. The van der Waals surface area contributed by atoms with Gasteiger partial charge in [-0.2, -0.15) is 0 Å². The van der Waals surface area contributed by atoms with Crippen LogP contribution in [-0.4, -0.2) is 5.11 Å². The zero-order valence-corrected chi connectivity index (χ0v) is 9.22. The number of hydrogen-bond acceptors (Lipinski definition) is 2. The summed E-state index contributed by atoms with van der Waals surface area (Å²) in [6.45, 7) is 1.98. The summed E-state index contributed by atoms with van der Waals surface area (Å²) < 4.78 is 0. The third-order valence-corrected chi connectivity index (χ3v) is 2.77. The number of aliphatic hydroxyl groups excluding tert-OH is 1. The highest BCUT2D eigenvalue weighted by Crippen LogP contribution is 2.28. The van der Waals surface area contributed by atoms with Gasteiger partial charge in [-0.15, -0.1) is 0 Å². The molecule has 0 bridgehead atoms. The fourth-order valence-electron chi connectivity index (χ4n) is 1.82. The molecule has 16 heavy (non-hydrogen) atoms. The predicted molar refractivity (Wildman–Crippen MR) is 66.1 cm³/mol. The van der Waals surface area contributed by atoms with Crippen molar-refractivity contribution in [3.8, 4) is 0 Å². The maximum atomic E-state index is 10.3. The number of anilines is 1. The molecule has 2 rings (SSSR count). The van der Waals surface area contributed by atoms with Crippen molar-refractivity contribution in [1.29, 1.82) is 0 Å². The second kappa shape index (κ2) is 4.37. The normalized spacial score (nSPS) is 12.4. The summed E-state index contributed by atoms with van der Waals surface area (Å²) in [6, 6.07) is 15.2. The fraction of sp³-hybridized carbons (Fsp3) is 0.143. The van der Waals surface area contributed by atoms with Crippen molar-refractivity contribution in [2.75, 3.05) is 5.73 Å². The SMILES string of the molecule is Cc1ccccc1C(O)c1ccccc1N. The van der Waals surface area contributed by atoms with Crippen molar-refractivity contribution in [2.45, 2.75) is 13.0 Å². The molecule has 0 fully saturated rings. The van der Waals surface area contributed by atoms with Crippen molar-refractivity contribution in [3.63, 3.8) is 0 Å². The molecule has 0 radical (unpaired) electrons. The van der Waals surface area contributed by atoms with E-state index < -0.39 is 6.10 Å². The van der Waals surface area contributed by atoms with Gasteiger partial charge in [-0.1, -0.05) is 42.5 Å². The van der Waals surface area contributed by atoms with Gasteiger partial charge in [0.15, 0.2) is 0 Å². The summed E-state index contributed by atoms with van der Waals surface area (Å²) in [4.78, 5) is 0. The molecule has 0 spiro atoms. The largest absolute Gasteiger partial charge is 0.398 e. The van der Waals surface area contributed by atoms with Crippen molar-refractivity contribution < 1.29 is 5.11 Å². The van der Waals surface area contributed by atoms with Crippen molar-refractivity contribution >= 4 is 5.69 Å². The van der Waals surface area contributed by atoms with E-state index in [0.717, 1.165) is 16.7 Å². The topological polar surface area (TPSA) is 46.2 Å². The number of nitrogen functional groups attached to an aromatic ring is 1. The molecule has 0 saturated heterocycles. The second-order valence-corrected chi connectivity index (χ2v) is 3.89. The Morgan fingerprint density at radius 2 is 1.50 bits per heavy atom. The van der Waals surface area contributed by atoms with E-state index in [1.54, 1.807) is 6.07 Å². The average molecular weight is 213 g/mol. The summed E-state index contributed by atoms with van der Waals surface area (Å²) in [6.07, 6.45) is -0.651. The summed E-state index contributed by atoms with van der Waals surface area (Å²) in [5.74, 6) is 0. The van der Waals surface area contributed by atoms with E-state index in [1.165, 1.54) is 0 Å². The molecule has 0 saturated carbocycles. The first kappa shape index (κ1) is 10.7. The molecule has 0 heterocycles. The Balaban J connectivity index is 2.44. The first-order valence-electron chi connectivity index (χ1n) is 5.28. The predicted octanol–water partition coefficient (Wildman–Crippen LogP) is 2.66. The van der Waals surface area contributed by atoms with Crippen molar-refractivity contribution in [2.24, 2.45) is 0 Å². The zero-order chi connectivity index (χ0) is 11.5. The van der Waals surface area contributed by atoms with Gasteiger partial charge in [0.05, 0.1) is 0 Å². The monoisotopic (exact) mass is 213 g/mol. The lowest BCUT2D eigenvalue weighted by atomic mass is 9.96. The molecule has 0 aromatic heterocycles. The first-order valence-corrected chi connectivity index (χ1v) is 5.28. The third-order valence-electron chi connectivity index (χ3n) is 2.77. The van der Waals surface area contributed by atoms with Crippen LogP contribution < -0.4 is 5.73 Å². The molecule has 2 aromatic rings. The minimum absolute atomic E-state index is 0.623. The maximum absolute atomic E-state index is 10.3. The number of rotatable bonds is 2. The van der Waals surface area contributed by atoms with Crippen LogP contribution in [0.15, 0.2) is 48.5 Å². The third kappa shape index (κ3) is 1.92. The number of para-hydroxylation sites is 1. The molecule has 2 aromatic carbocycles. The van der Waals surface area contributed by atoms with E-state index in [4.69, 9.17) is 5.73 Å². The number of aliphatic hydroxyl groups is 1. The van der Waals surface area contributed by atoms with E-state index in [0.29, 0.717) is 5.69 Å². The van der Waals surface area contributed by atoms with Gasteiger partial charge in [0.1, 0.15) is 6.10 Å². The molecule has 0 aliphatic heterocycles. The number of nitrogens with two attached hydrogens (primary N) is 1. The van der Waals surface area contributed by atoms with Crippen LogP contribution in [0.4, 0.5) is 5.69 Å². The second-order valence-electron chi connectivity index (χ2n) is 3.89. The molecule has 0 aliphatic carbocycles. The molecule has 1 atom stereocenters. The van der Waals surface area contributed by atoms with Gasteiger partial charge in [-0.05, 0) is 24.1 Å². The van der Waals surface area contributed by atoms with Crippen molar-refractivity contribution in [3.05, 3.63) is 65.2 Å². The lowest BCUT2D eigenvalue weighted by Gasteiger charge is -2.15. The summed E-state index contributed by atoms with van der Waals surface area (Å²) >= 11 is 0. The van der Waals surface area contributed by atoms with Gasteiger partial charge < -0.3 is 10.8 Å². The Hall–Kier alpha value is -1.80. The zero-order valence-electron chi connectivity index (χ0n) is 9.22. The lowest BCUT2D eigenvalue weighted by Crippen LogP contribution is -2.04. The first-order chi connectivity index (χ1) is 7.70. The number of benzene rings is 2. The van der Waals surface area contributed by atoms with Gasteiger partial charge >= 0.3 is 0 Å². The van der Waals surface area contributed by atoms with E-state index in [9.17, 15) is 5.11 Å². The van der Waals surface area contributed by atoms with E-state index >= 15 is 0 Å². The number of aryl methyl sites for hydroxylation is 1. The minimum atomic E-state index is -0.651. The van der Waals surface area contributed by atoms with Crippen LogP contribution in [0.2, 0.25) is 0 Å². The van der Waals surface area contributed by atoms with Crippen LogP contribution in [0.3, 0.4) is 0 Å². The van der Waals surface area contributed by atoms with Crippen LogP contribution in [0.1, 0.15) is 22.8 Å². The Morgan fingerprint density at radius 3 is 2.12 bits per heavy atom. The van der Waals surface area contributed by atoms with Gasteiger partial charge in [0.25, 0.3) is 0 Å². The molecule has 0 aliphatic rings. The Bertz CT molecular complexity index is 448. The van der Waals surface area contributed by atoms with E-state index in [2.05, 4.69) is 0 Å². The van der Waals surface area contributed by atoms with E-state index in [-0.39, 0.29) is 0 Å². The molecular formula is C14H15NO. The molecule has 1 unspecified atom stereocenters. The van der Waals surface area contributed by atoms with Crippen LogP contribution in [-0.2, 0) is 0 Å². The fourth-order valence-corrected chi connectivity index (χ4v) is 1.82. The summed E-state index contributed by atoms with van der Waals surface area (Å²) in [7, 11) is 0. The molecule has 2 heteroatoms. The standard InChI is InChI=1S/C14H15NO/c1-10-6-2-3-7-11(10)14(16)12-8-4-5-9-13(12)15/h2-9,14,16H,15H2,1H3. The van der Waals surface area contributed by atoms with Crippen LogP contribution in [0.5, 0.6) is 0 Å². The quantitative estimate of drug-likeness (QED) is 0.753. The Kier molecular flexibility index (Phi) is 2.93. The highest BCUT2D eigenvalue weighted by Gasteiger charge is 2.14. The van der Waals surface area contributed by atoms with Gasteiger partial charge in [-0.3, -0.25) is 0 Å². The van der Waals surface area contributed by atoms with Crippen LogP contribution in [0.25, 0.3) is 0 Å². The Morgan fingerprint density at radius 1 is 0.938 bits per heavy atom. The molecule has 3 N–H and O–H groups in total. The minimum Gasteiger partial charge on any atom is -0.398 e. The van der Waals surface area contributed by atoms with E-state index in [1.807, 2.05) is 49.4 Å². The van der Waals surface area contributed by atoms with Crippen LogP contribution >= 0.6 is 0 Å². The average Bonchev–Trinajstić information content (AvgIpc) is 2.29. The lowest BCUT2D eigenvalue weighted by molar-refractivity contribution is 0.220. The Labute approximate surface area is 95.4 Å². The highest BCUT2D eigenvalue weighted by atomic mass is 16.3. The van der Waals surface area contributed by atoms with Gasteiger partial charge in [0.2, 0.25) is 0 Å².